The highest BCUT2D eigenvalue weighted by atomic mass is 32.1. The molecule has 5 rings (SSSR count). The molecular formula is C29H29N3O4S. The lowest BCUT2D eigenvalue weighted by atomic mass is 9.96. The number of hydrogen-bond donors (Lipinski definition) is 0. The normalized spacial score (nSPS) is 15.6. The van der Waals surface area contributed by atoms with E-state index in [-0.39, 0.29) is 12.2 Å². The van der Waals surface area contributed by atoms with E-state index in [1.165, 1.54) is 11.3 Å². The molecule has 0 bridgehead atoms. The van der Waals surface area contributed by atoms with Crippen molar-refractivity contribution in [3.05, 3.63) is 96.3 Å². The lowest BCUT2D eigenvalue weighted by Crippen LogP contribution is -2.39. The van der Waals surface area contributed by atoms with Gasteiger partial charge in [-0.3, -0.25) is 9.36 Å². The lowest BCUT2D eigenvalue weighted by Gasteiger charge is -2.24. The molecule has 0 spiro atoms. The molecule has 4 aromatic rings. The van der Waals surface area contributed by atoms with Crippen molar-refractivity contribution in [3.63, 3.8) is 0 Å². The third-order valence-electron chi connectivity index (χ3n) is 6.75. The summed E-state index contributed by atoms with van der Waals surface area (Å²) < 4.78 is 15.3. The van der Waals surface area contributed by atoms with Crippen molar-refractivity contribution in [1.29, 1.82) is 0 Å². The first-order chi connectivity index (χ1) is 17.8. The van der Waals surface area contributed by atoms with Crippen LogP contribution >= 0.6 is 11.3 Å². The van der Waals surface area contributed by atoms with Gasteiger partial charge in [0.1, 0.15) is 5.75 Å². The summed E-state index contributed by atoms with van der Waals surface area (Å²) in [4.78, 5) is 32.3. The molecule has 0 radical (unpaired) electrons. The standard InChI is InChI=1S/C29H29N3O4S/c1-6-35-20-14-12-19(13-15-20)26-25(28(34)36-7-2)17(3)30-29-32(26)27(33)24(37-29)16-22-18(4)31(5)23-11-9-8-10-21(22)23/h8-16,26H,6-7H2,1-5H3/b24-16-/t26-/m0/s1. The predicted molar refractivity (Wildman–Crippen MR) is 146 cm³/mol. The maximum Gasteiger partial charge on any atom is 0.338 e. The third kappa shape index (κ3) is 4.21. The van der Waals surface area contributed by atoms with Crippen LogP contribution in [0.25, 0.3) is 17.0 Å². The van der Waals surface area contributed by atoms with Crippen molar-refractivity contribution in [1.82, 2.24) is 9.13 Å². The number of carbonyl (C=O) groups excluding carboxylic acids is 1. The van der Waals surface area contributed by atoms with E-state index in [0.717, 1.165) is 33.5 Å². The molecule has 0 unspecified atom stereocenters. The van der Waals surface area contributed by atoms with E-state index in [1.807, 2.05) is 56.4 Å². The second-order valence-electron chi connectivity index (χ2n) is 8.88. The maximum atomic E-state index is 13.9. The molecule has 1 aliphatic heterocycles. The summed E-state index contributed by atoms with van der Waals surface area (Å²) in [7, 11) is 2.03. The Morgan fingerprint density at radius 1 is 1.08 bits per heavy atom. The molecule has 0 saturated carbocycles. The summed E-state index contributed by atoms with van der Waals surface area (Å²) in [5.41, 5.74) is 4.68. The summed E-state index contributed by atoms with van der Waals surface area (Å²) in [6, 6.07) is 15.0. The highest BCUT2D eigenvalue weighted by molar-refractivity contribution is 7.07. The molecule has 7 nitrogen and oxygen atoms in total. The van der Waals surface area contributed by atoms with Gasteiger partial charge in [0.25, 0.3) is 5.56 Å². The highest BCUT2D eigenvalue weighted by Crippen LogP contribution is 2.32. The Bertz CT molecular complexity index is 1720. The van der Waals surface area contributed by atoms with E-state index in [1.54, 1.807) is 18.4 Å². The van der Waals surface area contributed by atoms with Crippen molar-refractivity contribution in [2.75, 3.05) is 13.2 Å². The highest BCUT2D eigenvalue weighted by Gasteiger charge is 2.33. The van der Waals surface area contributed by atoms with Gasteiger partial charge < -0.3 is 14.0 Å². The van der Waals surface area contributed by atoms with E-state index in [0.29, 0.717) is 27.2 Å². The molecular weight excluding hydrogens is 486 g/mol. The first kappa shape index (κ1) is 24.8. The number of ether oxygens (including phenoxy) is 2. The number of allylic oxidation sites excluding steroid dienone is 1. The molecule has 1 aliphatic rings. The van der Waals surface area contributed by atoms with Crippen LogP contribution in [0, 0.1) is 6.92 Å². The van der Waals surface area contributed by atoms with Gasteiger partial charge in [0, 0.05) is 29.2 Å². The summed E-state index contributed by atoms with van der Waals surface area (Å²) >= 11 is 1.33. The number of carbonyl (C=O) groups is 1. The van der Waals surface area contributed by atoms with Crippen molar-refractivity contribution >= 4 is 34.3 Å². The van der Waals surface area contributed by atoms with E-state index < -0.39 is 12.0 Å². The fraction of sp³-hybridized carbons (Fsp3) is 0.276. The number of nitrogens with zero attached hydrogens (tertiary/aromatic N) is 3. The summed E-state index contributed by atoms with van der Waals surface area (Å²) in [6.45, 7) is 8.32. The smallest absolute Gasteiger partial charge is 0.338 e. The summed E-state index contributed by atoms with van der Waals surface area (Å²) in [6.07, 6.45) is 1.94. The molecule has 37 heavy (non-hydrogen) atoms. The summed E-state index contributed by atoms with van der Waals surface area (Å²) in [5, 5.41) is 1.08. The van der Waals surface area contributed by atoms with Crippen LogP contribution in [-0.2, 0) is 16.6 Å². The van der Waals surface area contributed by atoms with Gasteiger partial charge in [0.2, 0.25) is 0 Å². The number of benzene rings is 2. The number of rotatable bonds is 6. The Balaban J connectivity index is 1.74. The van der Waals surface area contributed by atoms with Gasteiger partial charge in [-0.15, -0.1) is 0 Å². The number of aryl methyl sites for hydroxylation is 1. The molecule has 0 fully saturated rings. The van der Waals surface area contributed by atoms with Gasteiger partial charge in [-0.1, -0.05) is 41.7 Å². The van der Waals surface area contributed by atoms with Crippen LogP contribution in [0.2, 0.25) is 0 Å². The zero-order valence-electron chi connectivity index (χ0n) is 21.6. The van der Waals surface area contributed by atoms with Gasteiger partial charge in [0.05, 0.1) is 35.1 Å². The third-order valence-corrected chi connectivity index (χ3v) is 7.73. The van der Waals surface area contributed by atoms with Crippen LogP contribution in [0.4, 0.5) is 0 Å². The lowest BCUT2D eigenvalue weighted by molar-refractivity contribution is -0.139. The minimum atomic E-state index is -0.651. The van der Waals surface area contributed by atoms with Crippen molar-refractivity contribution in [2.24, 2.45) is 12.0 Å². The molecule has 0 saturated heterocycles. The van der Waals surface area contributed by atoms with Gasteiger partial charge in [-0.2, -0.15) is 0 Å². The Morgan fingerprint density at radius 2 is 1.81 bits per heavy atom. The van der Waals surface area contributed by atoms with Crippen molar-refractivity contribution < 1.29 is 14.3 Å². The second-order valence-corrected chi connectivity index (χ2v) is 9.89. The number of thiazole rings is 1. The van der Waals surface area contributed by atoms with Crippen LogP contribution < -0.4 is 19.6 Å². The van der Waals surface area contributed by atoms with Gasteiger partial charge in [-0.25, -0.2) is 9.79 Å². The molecule has 1 atom stereocenters. The Hall–Kier alpha value is -3.91. The van der Waals surface area contributed by atoms with E-state index in [2.05, 4.69) is 28.6 Å². The van der Waals surface area contributed by atoms with Crippen molar-refractivity contribution in [3.8, 4) is 5.75 Å². The molecule has 0 N–H and O–H groups in total. The average Bonchev–Trinajstić information content (AvgIpc) is 3.32. The summed E-state index contributed by atoms with van der Waals surface area (Å²) in [5.74, 6) is 0.255. The SMILES string of the molecule is CCOC(=O)C1=C(C)N=c2s/c(=C\c3c(C)n(C)c4ccccc34)c(=O)n2[C@H]1c1ccc(OCC)cc1. The van der Waals surface area contributed by atoms with E-state index in [4.69, 9.17) is 9.47 Å². The first-order valence-corrected chi connectivity index (χ1v) is 13.1. The van der Waals surface area contributed by atoms with Crippen LogP contribution in [0.5, 0.6) is 5.75 Å². The van der Waals surface area contributed by atoms with Gasteiger partial charge in [-0.05, 0) is 57.5 Å². The van der Waals surface area contributed by atoms with Crippen LogP contribution in [0.3, 0.4) is 0 Å². The molecule has 3 heterocycles. The zero-order chi connectivity index (χ0) is 26.3. The number of esters is 1. The monoisotopic (exact) mass is 515 g/mol. The molecule has 2 aromatic carbocycles. The molecule has 190 valence electrons. The minimum Gasteiger partial charge on any atom is -0.494 e. The van der Waals surface area contributed by atoms with Crippen molar-refractivity contribution in [2.45, 2.75) is 33.7 Å². The van der Waals surface area contributed by atoms with Crippen LogP contribution in [0.15, 0.2) is 69.6 Å². The zero-order valence-corrected chi connectivity index (χ0v) is 22.4. The average molecular weight is 516 g/mol. The first-order valence-electron chi connectivity index (χ1n) is 12.3. The molecule has 0 aliphatic carbocycles. The van der Waals surface area contributed by atoms with Crippen LogP contribution in [0.1, 0.15) is 43.6 Å². The largest absolute Gasteiger partial charge is 0.494 e. The number of hydrogen-bond acceptors (Lipinski definition) is 6. The van der Waals surface area contributed by atoms with E-state index >= 15 is 0 Å². The Morgan fingerprint density at radius 3 is 2.51 bits per heavy atom. The van der Waals surface area contributed by atoms with Gasteiger partial charge in [0.15, 0.2) is 4.80 Å². The number of aromatic nitrogens is 2. The number of fused-ring (bicyclic) bond motifs is 2. The topological polar surface area (TPSA) is 74.8 Å². The molecule has 8 heteroatoms. The second kappa shape index (κ2) is 9.86. The molecule has 0 amide bonds. The van der Waals surface area contributed by atoms with Crippen LogP contribution in [-0.4, -0.2) is 28.3 Å². The van der Waals surface area contributed by atoms with E-state index in [9.17, 15) is 9.59 Å². The fourth-order valence-electron chi connectivity index (χ4n) is 4.88. The maximum absolute atomic E-state index is 13.9. The number of para-hydroxylation sites is 1. The quantitative estimate of drug-likeness (QED) is 0.364. The Labute approximate surface area is 218 Å². The predicted octanol–water partition coefficient (Wildman–Crippen LogP) is 4.00. The van der Waals surface area contributed by atoms with Gasteiger partial charge >= 0.3 is 5.97 Å². The Kier molecular flexibility index (Phi) is 6.60. The minimum absolute atomic E-state index is 0.190. The fourth-order valence-corrected chi connectivity index (χ4v) is 5.91. The molecule has 2 aromatic heterocycles.